The molecule has 6 heteroatoms. The molecule has 0 bridgehead atoms. The van der Waals surface area contributed by atoms with E-state index in [0.717, 1.165) is 6.26 Å². The van der Waals surface area contributed by atoms with Gasteiger partial charge < -0.3 is 10.8 Å². The normalized spacial score (nSPS) is 13.3. The predicted octanol–water partition coefficient (Wildman–Crippen LogP) is 0.706. The number of carboxylic acid groups (broad SMARTS) is 1. The van der Waals surface area contributed by atoms with Gasteiger partial charge >= 0.3 is 5.97 Å². The van der Waals surface area contributed by atoms with Crippen LogP contribution >= 0.6 is 0 Å². The van der Waals surface area contributed by atoms with Crippen molar-refractivity contribution >= 4 is 15.8 Å². The van der Waals surface area contributed by atoms with Crippen LogP contribution in [0, 0.1) is 0 Å². The van der Waals surface area contributed by atoms with Crippen molar-refractivity contribution in [3.05, 3.63) is 35.4 Å². The van der Waals surface area contributed by atoms with Crippen LogP contribution in [0.15, 0.2) is 24.3 Å². The molecule has 0 aliphatic heterocycles. The van der Waals surface area contributed by atoms with E-state index in [1.807, 2.05) is 0 Å². The average molecular weight is 257 g/mol. The maximum atomic E-state index is 11.1. The lowest BCUT2D eigenvalue weighted by atomic mass is 10.0. The van der Waals surface area contributed by atoms with E-state index in [1.165, 1.54) is 0 Å². The molecule has 0 saturated heterocycles. The van der Waals surface area contributed by atoms with Crippen LogP contribution in [0.2, 0.25) is 0 Å². The fraction of sp³-hybridized carbons (Fsp3) is 0.364. The third-order valence-electron chi connectivity index (χ3n) is 2.20. The largest absolute Gasteiger partial charge is 0.481 e. The summed E-state index contributed by atoms with van der Waals surface area (Å²) >= 11 is 0. The molecule has 1 rings (SSSR count). The molecule has 5 nitrogen and oxygen atoms in total. The molecule has 1 atom stereocenters. The second kappa shape index (κ2) is 5.29. The van der Waals surface area contributed by atoms with Crippen LogP contribution in [0.4, 0.5) is 0 Å². The Hall–Kier alpha value is -1.40. The standard InChI is InChI=1S/C11H15NO4S/c1-17(15,16)7-8-3-2-4-9(5-8)10(12)6-11(13)14/h2-5,10H,6-7,12H2,1H3,(H,13,14). The summed E-state index contributed by atoms with van der Waals surface area (Å²) in [4.78, 5) is 10.5. The molecule has 0 aliphatic rings. The lowest BCUT2D eigenvalue weighted by Crippen LogP contribution is -2.15. The minimum atomic E-state index is -3.10. The minimum absolute atomic E-state index is 0.0688. The average Bonchev–Trinajstić information content (AvgIpc) is 2.14. The van der Waals surface area contributed by atoms with Crippen molar-refractivity contribution in [2.45, 2.75) is 18.2 Å². The van der Waals surface area contributed by atoms with Crippen LogP contribution in [0.5, 0.6) is 0 Å². The number of benzene rings is 1. The molecule has 0 aromatic heterocycles. The maximum absolute atomic E-state index is 11.1. The zero-order chi connectivity index (χ0) is 13.1. The first-order valence-corrected chi connectivity index (χ1v) is 7.08. The monoisotopic (exact) mass is 257 g/mol. The van der Waals surface area contributed by atoms with Gasteiger partial charge in [0.1, 0.15) is 0 Å². The summed E-state index contributed by atoms with van der Waals surface area (Å²) < 4.78 is 22.3. The lowest BCUT2D eigenvalue weighted by Gasteiger charge is -2.10. The summed E-state index contributed by atoms with van der Waals surface area (Å²) in [6.07, 6.45) is 0.971. The Morgan fingerprint density at radius 3 is 2.65 bits per heavy atom. The Kier molecular flexibility index (Phi) is 4.25. The van der Waals surface area contributed by atoms with Crippen molar-refractivity contribution in [2.75, 3.05) is 6.26 Å². The van der Waals surface area contributed by atoms with E-state index < -0.39 is 21.8 Å². The molecule has 0 amide bonds. The van der Waals surface area contributed by atoms with Crippen LogP contribution in [0.1, 0.15) is 23.6 Å². The summed E-state index contributed by atoms with van der Waals surface area (Å²) in [5.41, 5.74) is 6.95. The molecular weight excluding hydrogens is 242 g/mol. The van der Waals surface area contributed by atoms with Gasteiger partial charge in [-0.25, -0.2) is 8.42 Å². The second-order valence-corrected chi connectivity index (χ2v) is 6.16. The number of rotatable bonds is 5. The topological polar surface area (TPSA) is 97.5 Å². The molecule has 0 aliphatic carbocycles. The molecule has 0 heterocycles. The first-order chi connectivity index (χ1) is 7.78. The smallest absolute Gasteiger partial charge is 0.305 e. The summed E-state index contributed by atoms with van der Waals surface area (Å²) in [7, 11) is -3.10. The van der Waals surface area contributed by atoms with Crippen LogP contribution in [0.3, 0.4) is 0 Å². The first-order valence-electron chi connectivity index (χ1n) is 5.02. The fourth-order valence-corrected chi connectivity index (χ4v) is 2.31. The molecule has 1 aromatic carbocycles. The Morgan fingerprint density at radius 2 is 2.12 bits per heavy atom. The molecule has 0 fully saturated rings. The number of hydrogen-bond acceptors (Lipinski definition) is 4. The highest BCUT2D eigenvalue weighted by Crippen LogP contribution is 2.16. The van der Waals surface area contributed by atoms with Gasteiger partial charge in [-0.1, -0.05) is 24.3 Å². The Morgan fingerprint density at radius 1 is 1.47 bits per heavy atom. The molecule has 0 radical (unpaired) electrons. The molecule has 1 aromatic rings. The van der Waals surface area contributed by atoms with Crippen molar-refractivity contribution in [3.8, 4) is 0 Å². The number of carbonyl (C=O) groups is 1. The number of carboxylic acids is 1. The SMILES string of the molecule is CS(=O)(=O)Cc1cccc(C(N)CC(=O)O)c1. The van der Waals surface area contributed by atoms with Crippen molar-refractivity contribution < 1.29 is 18.3 Å². The maximum Gasteiger partial charge on any atom is 0.305 e. The molecule has 1 unspecified atom stereocenters. The third-order valence-corrected chi connectivity index (χ3v) is 3.06. The van der Waals surface area contributed by atoms with Crippen LogP contribution in [-0.4, -0.2) is 25.7 Å². The molecule has 0 spiro atoms. The number of nitrogens with two attached hydrogens (primary N) is 1. The zero-order valence-corrected chi connectivity index (χ0v) is 10.3. The molecule has 17 heavy (non-hydrogen) atoms. The van der Waals surface area contributed by atoms with Gasteiger partial charge in [-0.3, -0.25) is 4.79 Å². The van der Waals surface area contributed by atoms with Crippen molar-refractivity contribution in [1.82, 2.24) is 0 Å². The second-order valence-electron chi connectivity index (χ2n) is 4.02. The van der Waals surface area contributed by atoms with Gasteiger partial charge in [0.15, 0.2) is 9.84 Å². The van der Waals surface area contributed by atoms with E-state index in [0.29, 0.717) is 11.1 Å². The third kappa shape index (κ3) is 4.97. The number of aliphatic carboxylic acids is 1. The van der Waals surface area contributed by atoms with Crippen LogP contribution in [0.25, 0.3) is 0 Å². The Bertz CT molecular complexity index is 510. The highest BCUT2D eigenvalue weighted by molar-refractivity contribution is 7.89. The summed E-state index contributed by atoms with van der Waals surface area (Å²) in [6.45, 7) is 0. The van der Waals surface area contributed by atoms with Gasteiger partial charge in [0, 0.05) is 12.3 Å². The van der Waals surface area contributed by atoms with Gasteiger partial charge in [-0.15, -0.1) is 0 Å². The van der Waals surface area contributed by atoms with E-state index >= 15 is 0 Å². The van der Waals surface area contributed by atoms with Crippen LogP contribution in [-0.2, 0) is 20.4 Å². The van der Waals surface area contributed by atoms with E-state index in [-0.39, 0.29) is 12.2 Å². The van der Waals surface area contributed by atoms with Gasteiger partial charge in [0.2, 0.25) is 0 Å². The predicted molar refractivity (Wildman–Crippen MR) is 64.2 cm³/mol. The van der Waals surface area contributed by atoms with Crippen molar-refractivity contribution in [3.63, 3.8) is 0 Å². The van der Waals surface area contributed by atoms with E-state index in [9.17, 15) is 13.2 Å². The van der Waals surface area contributed by atoms with E-state index in [2.05, 4.69) is 0 Å². The summed E-state index contributed by atoms with van der Waals surface area (Å²) in [5, 5.41) is 8.63. The highest BCUT2D eigenvalue weighted by Gasteiger charge is 2.12. The first kappa shape index (κ1) is 13.7. The Balaban J connectivity index is 2.89. The lowest BCUT2D eigenvalue weighted by molar-refractivity contribution is -0.137. The van der Waals surface area contributed by atoms with Gasteiger partial charge in [-0.2, -0.15) is 0 Å². The highest BCUT2D eigenvalue weighted by atomic mass is 32.2. The number of hydrogen-bond donors (Lipinski definition) is 2. The zero-order valence-electron chi connectivity index (χ0n) is 9.46. The minimum Gasteiger partial charge on any atom is -0.481 e. The molecule has 0 saturated carbocycles. The molecular formula is C11H15NO4S. The molecule has 94 valence electrons. The summed E-state index contributed by atoms with van der Waals surface area (Å²) in [5.74, 6) is -1.05. The molecule has 3 N–H and O–H groups in total. The van der Waals surface area contributed by atoms with Crippen LogP contribution < -0.4 is 5.73 Å². The van der Waals surface area contributed by atoms with Gasteiger partial charge in [-0.05, 0) is 11.1 Å². The van der Waals surface area contributed by atoms with Crippen molar-refractivity contribution in [1.29, 1.82) is 0 Å². The van der Waals surface area contributed by atoms with E-state index in [4.69, 9.17) is 10.8 Å². The van der Waals surface area contributed by atoms with Gasteiger partial charge in [0.05, 0.1) is 12.2 Å². The summed E-state index contributed by atoms with van der Waals surface area (Å²) in [6, 6.07) is 6.07. The van der Waals surface area contributed by atoms with Gasteiger partial charge in [0.25, 0.3) is 0 Å². The van der Waals surface area contributed by atoms with E-state index in [1.54, 1.807) is 24.3 Å². The number of sulfone groups is 1. The fourth-order valence-electron chi connectivity index (χ4n) is 1.52. The quantitative estimate of drug-likeness (QED) is 0.809. The van der Waals surface area contributed by atoms with Crippen molar-refractivity contribution in [2.24, 2.45) is 5.73 Å². The Labute approximate surface area is 100 Å².